The van der Waals surface area contributed by atoms with E-state index in [0.29, 0.717) is 6.42 Å². The number of piperidine rings is 1. The number of hydrogen-bond donors (Lipinski definition) is 1. The summed E-state index contributed by atoms with van der Waals surface area (Å²) in [6, 6.07) is 4.34. The van der Waals surface area contributed by atoms with Gasteiger partial charge in [0.15, 0.2) is 0 Å². The van der Waals surface area contributed by atoms with Crippen LogP contribution in [0.5, 0.6) is 0 Å². The van der Waals surface area contributed by atoms with Gasteiger partial charge in [-0.05, 0) is 38.4 Å². The highest BCUT2D eigenvalue weighted by atomic mass is 32.1. The number of thiophene rings is 1. The van der Waals surface area contributed by atoms with E-state index in [0.717, 1.165) is 37.4 Å². The van der Waals surface area contributed by atoms with Gasteiger partial charge in [0.2, 0.25) is 5.91 Å². The largest absolute Gasteiger partial charge is 0.480 e. The zero-order valence-electron chi connectivity index (χ0n) is 13.2. The zero-order chi connectivity index (χ0) is 16.1. The van der Waals surface area contributed by atoms with E-state index in [1.54, 1.807) is 11.3 Å². The molecule has 2 rings (SSSR count). The van der Waals surface area contributed by atoms with Crippen molar-refractivity contribution in [1.82, 2.24) is 9.80 Å². The molecular formula is C16H24N2O3S. The maximum absolute atomic E-state index is 12.3. The second-order valence-electron chi connectivity index (χ2n) is 5.76. The number of carboxylic acid groups (broad SMARTS) is 1. The highest BCUT2D eigenvalue weighted by molar-refractivity contribution is 7.12. The van der Waals surface area contributed by atoms with Crippen molar-refractivity contribution in [2.75, 3.05) is 26.2 Å². The monoisotopic (exact) mass is 324 g/mol. The Bertz CT molecular complexity index is 521. The lowest BCUT2D eigenvalue weighted by molar-refractivity contribution is -0.140. The molecule has 1 fully saturated rings. The molecule has 0 saturated carbocycles. The molecule has 1 aromatic rings. The number of carboxylic acids is 1. The Kier molecular flexibility index (Phi) is 5.97. The molecule has 1 aromatic heterocycles. The number of aryl methyl sites for hydroxylation is 1. The van der Waals surface area contributed by atoms with Gasteiger partial charge in [-0.25, -0.2) is 0 Å². The summed E-state index contributed by atoms with van der Waals surface area (Å²) in [6.45, 7) is 6.31. The smallest absolute Gasteiger partial charge is 0.317 e. The maximum atomic E-state index is 12.3. The molecule has 6 heteroatoms. The van der Waals surface area contributed by atoms with Gasteiger partial charge in [0.1, 0.15) is 0 Å². The highest BCUT2D eigenvalue weighted by Crippen LogP contribution is 2.20. The van der Waals surface area contributed by atoms with E-state index in [2.05, 4.69) is 0 Å². The molecule has 0 aromatic carbocycles. The lowest BCUT2D eigenvalue weighted by atomic mass is 10.0. The van der Waals surface area contributed by atoms with Crippen molar-refractivity contribution in [3.63, 3.8) is 0 Å². The van der Waals surface area contributed by atoms with Crippen LogP contribution in [-0.4, -0.2) is 59.0 Å². The van der Waals surface area contributed by atoms with Gasteiger partial charge in [0.05, 0.1) is 13.0 Å². The summed E-state index contributed by atoms with van der Waals surface area (Å²) in [4.78, 5) is 29.5. The van der Waals surface area contributed by atoms with E-state index in [4.69, 9.17) is 5.11 Å². The first-order valence-electron chi connectivity index (χ1n) is 7.78. The van der Waals surface area contributed by atoms with Gasteiger partial charge >= 0.3 is 5.97 Å². The number of likely N-dealkylation sites (N-methyl/N-ethyl adjacent to an activating group) is 1. The molecule has 0 atom stereocenters. The molecule has 0 aliphatic carbocycles. The number of aliphatic carboxylic acids is 1. The Morgan fingerprint density at radius 2 is 2.05 bits per heavy atom. The van der Waals surface area contributed by atoms with Gasteiger partial charge in [-0.1, -0.05) is 6.92 Å². The molecule has 1 amide bonds. The number of carbonyl (C=O) groups excluding carboxylic acids is 1. The molecule has 0 spiro atoms. The Morgan fingerprint density at radius 3 is 2.55 bits per heavy atom. The van der Waals surface area contributed by atoms with E-state index in [-0.39, 0.29) is 18.5 Å². The maximum Gasteiger partial charge on any atom is 0.317 e. The number of likely N-dealkylation sites (tertiary alicyclic amines) is 1. The van der Waals surface area contributed by atoms with E-state index in [1.807, 2.05) is 35.8 Å². The molecule has 0 bridgehead atoms. The number of carbonyl (C=O) groups is 2. The van der Waals surface area contributed by atoms with Crippen LogP contribution in [0.25, 0.3) is 0 Å². The van der Waals surface area contributed by atoms with Crippen molar-refractivity contribution in [1.29, 1.82) is 0 Å². The predicted octanol–water partition coefficient (Wildman–Crippen LogP) is 2.00. The second-order valence-corrected chi connectivity index (χ2v) is 7.13. The lowest BCUT2D eigenvalue weighted by Gasteiger charge is -2.37. The second kappa shape index (κ2) is 7.74. The minimum Gasteiger partial charge on any atom is -0.480 e. The van der Waals surface area contributed by atoms with Crippen molar-refractivity contribution in [3.05, 3.63) is 21.9 Å². The van der Waals surface area contributed by atoms with Gasteiger partial charge in [-0.2, -0.15) is 0 Å². The zero-order valence-corrected chi connectivity index (χ0v) is 14.1. The quantitative estimate of drug-likeness (QED) is 0.869. The van der Waals surface area contributed by atoms with Gasteiger partial charge in [0.25, 0.3) is 0 Å². The minimum atomic E-state index is -0.784. The Labute approximate surface area is 135 Å². The molecule has 22 heavy (non-hydrogen) atoms. The third kappa shape index (κ3) is 4.55. The van der Waals surface area contributed by atoms with E-state index in [1.165, 1.54) is 4.88 Å². The van der Waals surface area contributed by atoms with Crippen LogP contribution in [0.3, 0.4) is 0 Å². The van der Waals surface area contributed by atoms with Crippen molar-refractivity contribution < 1.29 is 14.7 Å². The summed E-state index contributed by atoms with van der Waals surface area (Å²) in [7, 11) is 0. The fraction of sp³-hybridized carbons (Fsp3) is 0.625. The number of rotatable bonds is 6. The van der Waals surface area contributed by atoms with Crippen molar-refractivity contribution in [3.8, 4) is 0 Å². The van der Waals surface area contributed by atoms with Gasteiger partial charge in [-0.15, -0.1) is 11.3 Å². The summed E-state index contributed by atoms with van der Waals surface area (Å²) < 4.78 is 0. The molecular weight excluding hydrogens is 300 g/mol. The first-order chi connectivity index (χ1) is 10.5. The number of amides is 1. The SMILES string of the molecule is CCN(CC(=O)O)C1CCN(C(=O)Cc2ccc(C)s2)CC1. The van der Waals surface area contributed by atoms with Crippen LogP contribution in [0.15, 0.2) is 12.1 Å². The third-order valence-electron chi connectivity index (χ3n) is 4.20. The summed E-state index contributed by atoms with van der Waals surface area (Å²) in [5.41, 5.74) is 0. The van der Waals surface area contributed by atoms with Gasteiger partial charge in [-0.3, -0.25) is 14.5 Å². The number of nitrogens with zero attached hydrogens (tertiary/aromatic N) is 2. The molecule has 0 radical (unpaired) electrons. The predicted molar refractivity (Wildman–Crippen MR) is 87.2 cm³/mol. The van der Waals surface area contributed by atoms with Crippen LogP contribution in [0.4, 0.5) is 0 Å². The average molecular weight is 324 g/mol. The van der Waals surface area contributed by atoms with Crippen LogP contribution in [0.2, 0.25) is 0 Å². The standard InChI is InChI=1S/C16H24N2O3S/c1-3-17(11-16(20)21)13-6-8-18(9-7-13)15(19)10-14-5-4-12(2)22-14/h4-5,13H,3,6-11H2,1-2H3,(H,20,21). The normalized spacial score (nSPS) is 16.2. The average Bonchev–Trinajstić information content (AvgIpc) is 2.90. The molecule has 1 aliphatic heterocycles. The van der Waals surface area contributed by atoms with Crippen molar-refractivity contribution in [2.24, 2.45) is 0 Å². The Balaban J connectivity index is 1.83. The number of hydrogen-bond acceptors (Lipinski definition) is 4. The Morgan fingerprint density at radius 1 is 1.36 bits per heavy atom. The minimum absolute atomic E-state index is 0.0869. The fourth-order valence-electron chi connectivity index (χ4n) is 2.99. The molecule has 5 nitrogen and oxygen atoms in total. The van der Waals surface area contributed by atoms with Crippen LogP contribution in [0, 0.1) is 6.92 Å². The third-order valence-corrected chi connectivity index (χ3v) is 5.20. The molecule has 122 valence electrons. The van der Waals surface area contributed by atoms with Crippen LogP contribution in [-0.2, 0) is 16.0 Å². The van der Waals surface area contributed by atoms with Crippen molar-refractivity contribution in [2.45, 2.75) is 39.2 Å². The van der Waals surface area contributed by atoms with E-state index < -0.39 is 5.97 Å². The fourth-order valence-corrected chi connectivity index (χ4v) is 3.88. The molecule has 1 N–H and O–H groups in total. The van der Waals surface area contributed by atoms with Crippen LogP contribution >= 0.6 is 11.3 Å². The van der Waals surface area contributed by atoms with E-state index in [9.17, 15) is 9.59 Å². The van der Waals surface area contributed by atoms with Gasteiger partial charge < -0.3 is 10.0 Å². The Hall–Kier alpha value is -1.40. The lowest BCUT2D eigenvalue weighted by Crippen LogP contribution is -2.48. The summed E-state index contributed by atoms with van der Waals surface area (Å²) in [6.07, 6.45) is 2.20. The molecule has 1 aliphatic rings. The topological polar surface area (TPSA) is 60.9 Å². The van der Waals surface area contributed by atoms with Crippen LogP contribution in [0.1, 0.15) is 29.5 Å². The van der Waals surface area contributed by atoms with Gasteiger partial charge in [0, 0.05) is 28.9 Å². The summed E-state index contributed by atoms with van der Waals surface area (Å²) >= 11 is 1.67. The van der Waals surface area contributed by atoms with Crippen molar-refractivity contribution >= 4 is 23.2 Å². The van der Waals surface area contributed by atoms with E-state index >= 15 is 0 Å². The highest BCUT2D eigenvalue weighted by Gasteiger charge is 2.27. The molecule has 1 saturated heterocycles. The first-order valence-corrected chi connectivity index (χ1v) is 8.60. The molecule has 0 unspecified atom stereocenters. The summed E-state index contributed by atoms with van der Waals surface area (Å²) in [5.74, 6) is -0.602. The first kappa shape index (κ1) is 17.0. The summed E-state index contributed by atoms with van der Waals surface area (Å²) in [5, 5.41) is 8.95. The van der Waals surface area contributed by atoms with Crippen LogP contribution < -0.4 is 0 Å². The molecule has 2 heterocycles.